The van der Waals surface area contributed by atoms with Gasteiger partial charge in [-0.1, -0.05) is 12.1 Å². The minimum atomic E-state index is 0.331. The number of hydrogen-bond donors (Lipinski definition) is 2. The molecule has 1 aliphatic rings. The molecule has 0 amide bonds. The maximum atomic E-state index is 6.08. The lowest BCUT2D eigenvalue weighted by Crippen LogP contribution is -2.40. The first-order valence-electron chi connectivity index (χ1n) is 6.81. The molecule has 0 spiro atoms. The van der Waals surface area contributed by atoms with Crippen LogP contribution in [0.4, 0.5) is 11.5 Å². The Kier molecular flexibility index (Phi) is 3.03. The quantitative estimate of drug-likeness (QED) is 0.766. The lowest BCUT2D eigenvalue weighted by molar-refractivity contribution is 0.499. The Labute approximate surface area is 113 Å². The summed E-state index contributed by atoms with van der Waals surface area (Å²) in [6.45, 7) is 3.97. The number of aryl methyl sites for hydroxylation is 1. The first-order valence-corrected chi connectivity index (χ1v) is 6.81. The predicted molar refractivity (Wildman–Crippen MR) is 80.3 cm³/mol. The van der Waals surface area contributed by atoms with E-state index in [2.05, 4.69) is 17.0 Å². The number of benzene rings is 1. The van der Waals surface area contributed by atoms with Crippen molar-refractivity contribution in [3.63, 3.8) is 0 Å². The highest BCUT2D eigenvalue weighted by Gasteiger charge is 2.19. The molecule has 4 heteroatoms. The number of aromatic nitrogens is 1. The number of rotatable bonds is 1. The molecule has 100 valence electrons. The Bertz CT molecular complexity index is 600. The fraction of sp³-hybridized carbons (Fsp3) is 0.400. The molecule has 1 aliphatic heterocycles. The van der Waals surface area contributed by atoms with Gasteiger partial charge >= 0.3 is 0 Å². The maximum Gasteiger partial charge on any atom is 0.136 e. The molecule has 4 N–H and O–H groups in total. The molecule has 2 heterocycles. The van der Waals surface area contributed by atoms with Crippen molar-refractivity contribution in [3.8, 4) is 0 Å². The number of fused-ring (bicyclic) bond motifs is 1. The van der Waals surface area contributed by atoms with Crippen LogP contribution in [0.5, 0.6) is 0 Å². The molecule has 0 bridgehead atoms. The van der Waals surface area contributed by atoms with Crippen molar-refractivity contribution < 1.29 is 0 Å². The lowest BCUT2D eigenvalue weighted by Gasteiger charge is -2.32. The summed E-state index contributed by atoms with van der Waals surface area (Å²) in [6.07, 6.45) is 2.05. The molecule has 0 aliphatic carbocycles. The van der Waals surface area contributed by atoms with Crippen molar-refractivity contribution in [2.45, 2.75) is 25.8 Å². The summed E-state index contributed by atoms with van der Waals surface area (Å²) >= 11 is 0. The molecule has 0 saturated carbocycles. The number of pyridine rings is 1. The van der Waals surface area contributed by atoms with Crippen molar-refractivity contribution in [3.05, 3.63) is 30.0 Å². The fourth-order valence-corrected chi connectivity index (χ4v) is 2.76. The van der Waals surface area contributed by atoms with Gasteiger partial charge in [0.1, 0.15) is 5.82 Å². The molecule has 3 rings (SSSR count). The summed E-state index contributed by atoms with van der Waals surface area (Å²) < 4.78 is 0. The molecule has 1 aromatic carbocycles. The summed E-state index contributed by atoms with van der Waals surface area (Å²) in [5, 5.41) is 2.24. The summed E-state index contributed by atoms with van der Waals surface area (Å²) in [6, 6.07) is 8.43. The van der Waals surface area contributed by atoms with E-state index in [1.165, 1.54) is 0 Å². The van der Waals surface area contributed by atoms with Crippen molar-refractivity contribution in [2.75, 3.05) is 23.7 Å². The fourth-order valence-electron chi connectivity index (χ4n) is 2.76. The number of piperidine rings is 1. The van der Waals surface area contributed by atoms with Crippen LogP contribution in [-0.4, -0.2) is 24.1 Å². The van der Waals surface area contributed by atoms with Crippen LogP contribution in [0.15, 0.2) is 24.3 Å². The Balaban J connectivity index is 2.10. The summed E-state index contributed by atoms with van der Waals surface area (Å²) in [5.74, 6) is 1.05. The molecule has 2 aromatic rings. The van der Waals surface area contributed by atoms with Gasteiger partial charge in [-0.15, -0.1) is 0 Å². The average molecular weight is 256 g/mol. The Morgan fingerprint density at radius 3 is 2.68 bits per heavy atom. The summed E-state index contributed by atoms with van der Waals surface area (Å²) in [4.78, 5) is 7.05. The van der Waals surface area contributed by atoms with Gasteiger partial charge in [0, 0.05) is 41.3 Å². The largest absolute Gasteiger partial charge is 0.398 e. The number of nitrogens with zero attached hydrogens (tertiary/aromatic N) is 2. The van der Waals surface area contributed by atoms with Crippen LogP contribution < -0.4 is 16.4 Å². The van der Waals surface area contributed by atoms with Crippen LogP contribution in [0, 0.1) is 6.92 Å². The van der Waals surface area contributed by atoms with Crippen LogP contribution >= 0.6 is 0 Å². The van der Waals surface area contributed by atoms with Gasteiger partial charge in [-0.3, -0.25) is 0 Å². The van der Waals surface area contributed by atoms with Crippen molar-refractivity contribution in [1.82, 2.24) is 4.98 Å². The maximum absolute atomic E-state index is 6.08. The molecule has 0 radical (unpaired) electrons. The van der Waals surface area contributed by atoms with E-state index in [0.29, 0.717) is 6.04 Å². The van der Waals surface area contributed by atoms with Gasteiger partial charge in [0.05, 0.1) is 0 Å². The highest BCUT2D eigenvalue weighted by Crippen LogP contribution is 2.30. The summed E-state index contributed by atoms with van der Waals surface area (Å²) in [7, 11) is 0. The molecule has 0 atom stereocenters. The minimum Gasteiger partial charge on any atom is -0.398 e. The Hall–Kier alpha value is -1.81. The van der Waals surface area contributed by atoms with Crippen LogP contribution in [0.25, 0.3) is 10.8 Å². The van der Waals surface area contributed by atoms with Crippen molar-refractivity contribution in [1.29, 1.82) is 0 Å². The first kappa shape index (κ1) is 12.2. The van der Waals surface area contributed by atoms with Gasteiger partial charge in [-0.25, -0.2) is 4.98 Å². The normalized spacial score (nSPS) is 17.1. The number of anilines is 2. The topological polar surface area (TPSA) is 68.2 Å². The second kappa shape index (κ2) is 4.70. The molecule has 0 unspecified atom stereocenters. The average Bonchev–Trinajstić information content (AvgIpc) is 2.40. The van der Waals surface area contributed by atoms with Crippen molar-refractivity contribution in [2.24, 2.45) is 5.73 Å². The third-order valence-electron chi connectivity index (χ3n) is 3.86. The molecule has 1 saturated heterocycles. The van der Waals surface area contributed by atoms with E-state index in [1.54, 1.807) is 0 Å². The summed E-state index contributed by atoms with van der Waals surface area (Å²) in [5.41, 5.74) is 13.9. The van der Waals surface area contributed by atoms with Gasteiger partial charge in [0.25, 0.3) is 0 Å². The van der Waals surface area contributed by atoms with Gasteiger partial charge in [-0.05, 0) is 31.9 Å². The van der Waals surface area contributed by atoms with Crippen LogP contribution in [0.2, 0.25) is 0 Å². The third kappa shape index (κ3) is 2.24. The highest BCUT2D eigenvalue weighted by molar-refractivity contribution is 5.99. The zero-order chi connectivity index (χ0) is 13.4. The van der Waals surface area contributed by atoms with E-state index >= 15 is 0 Å². The number of hydrogen-bond acceptors (Lipinski definition) is 4. The van der Waals surface area contributed by atoms with Gasteiger partial charge < -0.3 is 16.4 Å². The number of nitrogens with two attached hydrogens (primary N) is 2. The second-order valence-corrected chi connectivity index (χ2v) is 5.35. The third-order valence-corrected chi connectivity index (χ3v) is 3.86. The smallest absolute Gasteiger partial charge is 0.136 e. The molecule has 1 aromatic heterocycles. The SMILES string of the molecule is Cc1cc2c(N)cccc2c(N2CCC(N)CC2)n1. The van der Waals surface area contributed by atoms with E-state index in [-0.39, 0.29) is 0 Å². The predicted octanol–water partition coefficient (Wildman–Crippen LogP) is 2.05. The second-order valence-electron chi connectivity index (χ2n) is 5.35. The zero-order valence-corrected chi connectivity index (χ0v) is 11.3. The molecular formula is C15H20N4. The van der Waals surface area contributed by atoms with E-state index in [0.717, 1.165) is 53.9 Å². The molecule has 19 heavy (non-hydrogen) atoms. The van der Waals surface area contributed by atoms with Crippen LogP contribution in [0.3, 0.4) is 0 Å². The highest BCUT2D eigenvalue weighted by atomic mass is 15.2. The van der Waals surface area contributed by atoms with Gasteiger partial charge in [0.15, 0.2) is 0 Å². The first-order chi connectivity index (χ1) is 9.15. The lowest BCUT2D eigenvalue weighted by atomic mass is 10.0. The standard InChI is InChI=1S/C15H20N4/c1-10-9-13-12(3-2-4-14(13)17)15(18-10)19-7-5-11(16)6-8-19/h2-4,9,11H,5-8,16-17H2,1H3. The molecule has 4 nitrogen and oxygen atoms in total. The minimum absolute atomic E-state index is 0.331. The number of nitrogen functional groups attached to an aromatic ring is 1. The Morgan fingerprint density at radius 1 is 1.21 bits per heavy atom. The van der Waals surface area contributed by atoms with Gasteiger partial charge in [-0.2, -0.15) is 0 Å². The molecule has 1 fully saturated rings. The van der Waals surface area contributed by atoms with E-state index in [1.807, 2.05) is 19.1 Å². The Morgan fingerprint density at radius 2 is 1.95 bits per heavy atom. The van der Waals surface area contributed by atoms with E-state index < -0.39 is 0 Å². The molecular weight excluding hydrogens is 236 g/mol. The van der Waals surface area contributed by atoms with Crippen LogP contribution in [-0.2, 0) is 0 Å². The van der Waals surface area contributed by atoms with Crippen molar-refractivity contribution >= 4 is 22.3 Å². The van der Waals surface area contributed by atoms with E-state index in [9.17, 15) is 0 Å². The van der Waals surface area contributed by atoms with Crippen LogP contribution in [0.1, 0.15) is 18.5 Å². The monoisotopic (exact) mass is 256 g/mol. The zero-order valence-electron chi connectivity index (χ0n) is 11.3. The van der Waals surface area contributed by atoms with E-state index in [4.69, 9.17) is 16.5 Å². The van der Waals surface area contributed by atoms with Gasteiger partial charge in [0.2, 0.25) is 0 Å².